The molecule has 2 heterocycles. The zero-order valence-electron chi connectivity index (χ0n) is 16.7. The number of piperazine rings is 1. The quantitative estimate of drug-likeness (QED) is 0.779. The van der Waals surface area contributed by atoms with Gasteiger partial charge in [0.2, 0.25) is 6.10 Å². The molecular weight excluding hydrogens is 370 g/mol. The summed E-state index contributed by atoms with van der Waals surface area (Å²) in [6, 6.07) is 15.8. The number of ether oxygens (including phenoxy) is 2. The van der Waals surface area contributed by atoms with E-state index in [-0.39, 0.29) is 5.91 Å². The highest BCUT2D eigenvalue weighted by Gasteiger charge is 2.34. The maximum atomic E-state index is 13.0. The normalized spacial score (nSPS) is 18.8. The lowest BCUT2D eigenvalue weighted by Gasteiger charge is -2.36. The molecule has 7 heteroatoms. The van der Waals surface area contributed by atoms with Crippen LogP contribution < -0.4 is 14.4 Å². The van der Waals surface area contributed by atoms with Gasteiger partial charge in [0.1, 0.15) is 11.5 Å². The Morgan fingerprint density at radius 1 is 1.03 bits per heavy atom. The van der Waals surface area contributed by atoms with Crippen LogP contribution in [0.4, 0.5) is 5.69 Å². The number of hydrogen-bond donors (Lipinski definition) is 0. The molecule has 0 unspecified atom stereocenters. The molecular formula is C22H25N3O4. The number of amides is 1. The van der Waals surface area contributed by atoms with Crippen LogP contribution in [0.25, 0.3) is 0 Å². The Bertz CT molecular complexity index is 892. The van der Waals surface area contributed by atoms with E-state index < -0.39 is 6.10 Å². The number of carbonyl (C=O) groups is 1. The SMILES string of the molecule is COc1ccc(OC)c(C2=NO[C@@H](C(=O)N3CCN(c4ccccc4)CC3)C2)c1. The molecule has 4 rings (SSSR count). The van der Waals surface area contributed by atoms with E-state index in [4.69, 9.17) is 14.3 Å². The van der Waals surface area contributed by atoms with Crippen molar-refractivity contribution in [2.24, 2.45) is 5.16 Å². The molecule has 0 aromatic heterocycles. The summed E-state index contributed by atoms with van der Waals surface area (Å²) in [6.45, 7) is 2.95. The first-order valence-electron chi connectivity index (χ1n) is 9.73. The number of hydrogen-bond acceptors (Lipinski definition) is 6. The van der Waals surface area contributed by atoms with Gasteiger partial charge in [-0.3, -0.25) is 4.79 Å². The predicted molar refractivity (Wildman–Crippen MR) is 111 cm³/mol. The second-order valence-corrected chi connectivity index (χ2v) is 7.05. The number of rotatable bonds is 5. The van der Waals surface area contributed by atoms with E-state index in [0.717, 1.165) is 18.7 Å². The zero-order chi connectivity index (χ0) is 20.2. The molecule has 1 amide bonds. The van der Waals surface area contributed by atoms with Crippen molar-refractivity contribution in [2.45, 2.75) is 12.5 Å². The van der Waals surface area contributed by atoms with Gasteiger partial charge in [0.05, 0.1) is 19.9 Å². The van der Waals surface area contributed by atoms with Gasteiger partial charge in [-0.15, -0.1) is 0 Å². The Hall–Kier alpha value is -3.22. The van der Waals surface area contributed by atoms with Crippen molar-refractivity contribution in [3.8, 4) is 11.5 Å². The fourth-order valence-electron chi connectivity index (χ4n) is 3.74. The van der Waals surface area contributed by atoms with Gasteiger partial charge in [-0.1, -0.05) is 23.4 Å². The van der Waals surface area contributed by atoms with Crippen molar-refractivity contribution < 1.29 is 19.1 Å². The summed E-state index contributed by atoms with van der Waals surface area (Å²) in [5, 5.41) is 4.17. The maximum absolute atomic E-state index is 13.0. The molecule has 2 aliphatic rings. The fourth-order valence-corrected chi connectivity index (χ4v) is 3.74. The highest BCUT2D eigenvalue weighted by Crippen LogP contribution is 2.29. The minimum Gasteiger partial charge on any atom is -0.497 e. The smallest absolute Gasteiger partial charge is 0.267 e. The van der Waals surface area contributed by atoms with Crippen molar-refractivity contribution >= 4 is 17.3 Å². The van der Waals surface area contributed by atoms with E-state index in [1.165, 1.54) is 5.69 Å². The highest BCUT2D eigenvalue weighted by atomic mass is 16.6. The number of methoxy groups -OCH3 is 2. The molecule has 0 saturated carbocycles. The summed E-state index contributed by atoms with van der Waals surface area (Å²) < 4.78 is 10.7. The third-order valence-corrected chi connectivity index (χ3v) is 5.37. The first-order chi connectivity index (χ1) is 14.2. The second kappa shape index (κ2) is 8.43. The van der Waals surface area contributed by atoms with E-state index in [1.54, 1.807) is 14.2 Å². The molecule has 152 valence electrons. The van der Waals surface area contributed by atoms with Crippen LogP contribution in [0.15, 0.2) is 53.7 Å². The molecule has 2 aromatic carbocycles. The van der Waals surface area contributed by atoms with Gasteiger partial charge in [0.15, 0.2) is 0 Å². The Labute approximate surface area is 170 Å². The van der Waals surface area contributed by atoms with Crippen LogP contribution in [0.1, 0.15) is 12.0 Å². The molecule has 0 spiro atoms. The van der Waals surface area contributed by atoms with E-state index in [9.17, 15) is 4.79 Å². The number of benzene rings is 2. The molecule has 0 radical (unpaired) electrons. The van der Waals surface area contributed by atoms with E-state index >= 15 is 0 Å². The molecule has 7 nitrogen and oxygen atoms in total. The summed E-state index contributed by atoms with van der Waals surface area (Å²) in [6.07, 6.45) is -0.175. The number of para-hydroxylation sites is 1. The minimum absolute atomic E-state index is 0.0154. The van der Waals surface area contributed by atoms with Crippen LogP contribution in [-0.4, -0.2) is 63.0 Å². The van der Waals surface area contributed by atoms with E-state index in [0.29, 0.717) is 36.7 Å². The average molecular weight is 395 g/mol. The van der Waals surface area contributed by atoms with Gasteiger partial charge in [-0.25, -0.2) is 0 Å². The molecule has 0 aliphatic carbocycles. The van der Waals surface area contributed by atoms with Gasteiger partial charge < -0.3 is 24.1 Å². The van der Waals surface area contributed by atoms with Gasteiger partial charge in [0.25, 0.3) is 5.91 Å². The maximum Gasteiger partial charge on any atom is 0.267 e. The van der Waals surface area contributed by atoms with Crippen LogP contribution in [0.3, 0.4) is 0 Å². The van der Waals surface area contributed by atoms with Gasteiger partial charge in [-0.2, -0.15) is 0 Å². The lowest BCUT2D eigenvalue weighted by molar-refractivity contribution is -0.142. The van der Waals surface area contributed by atoms with Crippen LogP contribution >= 0.6 is 0 Å². The lowest BCUT2D eigenvalue weighted by atomic mass is 10.0. The van der Waals surface area contributed by atoms with Crippen LogP contribution in [0.2, 0.25) is 0 Å². The monoisotopic (exact) mass is 395 g/mol. The van der Waals surface area contributed by atoms with Crippen molar-refractivity contribution in [1.82, 2.24) is 4.90 Å². The number of nitrogens with zero attached hydrogens (tertiary/aromatic N) is 3. The predicted octanol–water partition coefficient (Wildman–Crippen LogP) is 2.55. The molecule has 2 aliphatic heterocycles. The van der Waals surface area contributed by atoms with Crippen LogP contribution in [-0.2, 0) is 9.63 Å². The summed E-state index contributed by atoms with van der Waals surface area (Å²) in [5.74, 6) is 1.37. The van der Waals surface area contributed by atoms with Gasteiger partial charge in [0, 0.05) is 43.9 Å². The van der Waals surface area contributed by atoms with Crippen LogP contribution in [0, 0.1) is 0 Å². The summed E-state index contributed by atoms with van der Waals surface area (Å²) in [4.78, 5) is 22.6. The number of carbonyl (C=O) groups excluding carboxylic acids is 1. The average Bonchev–Trinajstić information content (AvgIpc) is 3.29. The molecule has 29 heavy (non-hydrogen) atoms. The van der Waals surface area contributed by atoms with Crippen molar-refractivity contribution in [2.75, 3.05) is 45.3 Å². The van der Waals surface area contributed by atoms with Crippen molar-refractivity contribution in [3.63, 3.8) is 0 Å². The molecule has 1 fully saturated rings. The topological polar surface area (TPSA) is 63.6 Å². The molecule has 1 saturated heterocycles. The number of anilines is 1. The fraction of sp³-hybridized carbons (Fsp3) is 0.364. The lowest BCUT2D eigenvalue weighted by Crippen LogP contribution is -2.51. The molecule has 0 N–H and O–H groups in total. The van der Waals surface area contributed by atoms with Gasteiger partial charge >= 0.3 is 0 Å². The second-order valence-electron chi connectivity index (χ2n) is 7.05. The van der Waals surface area contributed by atoms with E-state index in [2.05, 4.69) is 22.2 Å². The van der Waals surface area contributed by atoms with Gasteiger partial charge in [-0.05, 0) is 30.3 Å². The first-order valence-corrected chi connectivity index (χ1v) is 9.73. The standard InChI is InChI=1S/C22H25N3O4/c1-27-17-8-9-20(28-2)18(14-17)19-15-21(29-23-19)22(26)25-12-10-24(11-13-25)16-6-4-3-5-7-16/h3-9,14,21H,10-13,15H2,1-2H3/t21-/m1/s1. The molecule has 1 atom stereocenters. The zero-order valence-corrected chi connectivity index (χ0v) is 16.7. The van der Waals surface area contributed by atoms with Crippen molar-refractivity contribution in [1.29, 1.82) is 0 Å². The Morgan fingerprint density at radius 3 is 2.48 bits per heavy atom. The molecule has 2 aromatic rings. The summed E-state index contributed by atoms with van der Waals surface area (Å²) >= 11 is 0. The first kappa shape index (κ1) is 19.1. The largest absolute Gasteiger partial charge is 0.497 e. The highest BCUT2D eigenvalue weighted by molar-refractivity contribution is 6.06. The summed E-state index contributed by atoms with van der Waals surface area (Å²) in [5.41, 5.74) is 2.67. The van der Waals surface area contributed by atoms with Crippen LogP contribution in [0.5, 0.6) is 11.5 Å². The summed E-state index contributed by atoms with van der Waals surface area (Å²) in [7, 11) is 3.22. The van der Waals surface area contributed by atoms with E-state index in [1.807, 2.05) is 41.3 Å². The number of oxime groups is 1. The third-order valence-electron chi connectivity index (χ3n) is 5.37. The molecule has 0 bridgehead atoms. The third kappa shape index (κ3) is 3.99. The Balaban J connectivity index is 1.38. The minimum atomic E-state index is -0.593. The Morgan fingerprint density at radius 2 is 1.79 bits per heavy atom. The van der Waals surface area contributed by atoms with Crippen molar-refractivity contribution in [3.05, 3.63) is 54.1 Å². The Kier molecular flexibility index (Phi) is 5.55.